The van der Waals surface area contributed by atoms with E-state index in [1.807, 2.05) is 27.7 Å². The van der Waals surface area contributed by atoms with Crippen molar-refractivity contribution in [1.29, 1.82) is 0 Å². The van der Waals surface area contributed by atoms with Gasteiger partial charge in [-0.05, 0) is 59.9 Å². The fraction of sp³-hybridized carbons (Fsp3) is 0.929. The topological polar surface area (TPSA) is 29.5 Å². The van der Waals surface area contributed by atoms with E-state index >= 15 is 0 Å². The third-order valence-corrected chi connectivity index (χ3v) is 3.67. The zero-order valence-corrected chi connectivity index (χ0v) is 12.1. The minimum atomic E-state index is -0.393. The quantitative estimate of drug-likeness (QED) is 0.696. The lowest BCUT2D eigenvalue weighted by molar-refractivity contribution is -0.162. The number of carbonyl (C=O) groups excluding carboxylic acids is 1. The van der Waals surface area contributed by atoms with E-state index in [4.69, 9.17) is 4.74 Å². The van der Waals surface area contributed by atoms with E-state index in [0.29, 0.717) is 12.0 Å². The van der Waals surface area contributed by atoms with E-state index in [9.17, 15) is 4.79 Å². The van der Waals surface area contributed by atoms with Gasteiger partial charge in [-0.25, -0.2) is 0 Å². The second kappa shape index (κ2) is 5.38. The van der Waals surface area contributed by atoms with Gasteiger partial charge in [-0.3, -0.25) is 9.69 Å². The number of hydrogen-bond donors (Lipinski definition) is 0. The molecular weight excluding hydrogens is 214 g/mol. The van der Waals surface area contributed by atoms with Crippen LogP contribution in [0.2, 0.25) is 0 Å². The molecule has 0 aromatic heterocycles. The van der Waals surface area contributed by atoms with Gasteiger partial charge in [-0.2, -0.15) is 0 Å². The highest BCUT2D eigenvalue weighted by Crippen LogP contribution is 2.25. The summed E-state index contributed by atoms with van der Waals surface area (Å²) in [6.07, 6.45) is 2.44. The summed E-state index contributed by atoms with van der Waals surface area (Å²) in [4.78, 5) is 14.3. The monoisotopic (exact) mass is 241 g/mol. The Labute approximate surface area is 106 Å². The van der Waals surface area contributed by atoms with Crippen molar-refractivity contribution in [1.82, 2.24) is 4.90 Å². The van der Waals surface area contributed by atoms with Crippen LogP contribution in [0.3, 0.4) is 0 Å². The minimum absolute atomic E-state index is 0.0987. The van der Waals surface area contributed by atoms with Crippen LogP contribution < -0.4 is 0 Å². The number of nitrogens with zero attached hydrogens (tertiary/aromatic N) is 1. The maximum absolute atomic E-state index is 12.0. The predicted octanol–water partition coefficient (Wildman–Crippen LogP) is 2.84. The van der Waals surface area contributed by atoms with Gasteiger partial charge in [0, 0.05) is 6.04 Å². The molecule has 0 spiro atoms. The second-order valence-electron chi connectivity index (χ2n) is 6.31. The van der Waals surface area contributed by atoms with E-state index in [0.717, 1.165) is 6.54 Å². The molecule has 3 nitrogen and oxygen atoms in total. The van der Waals surface area contributed by atoms with Crippen LogP contribution in [0, 0.1) is 5.92 Å². The van der Waals surface area contributed by atoms with Crippen LogP contribution in [0.4, 0.5) is 0 Å². The molecule has 1 aliphatic rings. The van der Waals surface area contributed by atoms with Crippen molar-refractivity contribution in [3.63, 3.8) is 0 Å². The molecular formula is C14H27NO2. The second-order valence-corrected chi connectivity index (χ2v) is 6.31. The third-order valence-electron chi connectivity index (χ3n) is 3.67. The Morgan fingerprint density at radius 1 is 1.35 bits per heavy atom. The standard InChI is InChI=1S/C14H27NO2/c1-10-8-7-9-15(11(10)2)12(3)13(16)17-14(4,5)6/h10-12H,7-9H2,1-6H3. The molecule has 1 heterocycles. The first-order chi connectivity index (χ1) is 7.72. The summed E-state index contributed by atoms with van der Waals surface area (Å²) < 4.78 is 5.46. The van der Waals surface area contributed by atoms with Crippen molar-refractivity contribution >= 4 is 5.97 Å². The van der Waals surface area contributed by atoms with Crippen molar-refractivity contribution in [2.75, 3.05) is 6.54 Å². The third kappa shape index (κ3) is 3.98. The molecule has 1 aliphatic heterocycles. The Morgan fingerprint density at radius 2 is 1.94 bits per heavy atom. The first-order valence-electron chi connectivity index (χ1n) is 6.71. The van der Waals surface area contributed by atoms with E-state index in [-0.39, 0.29) is 12.0 Å². The van der Waals surface area contributed by atoms with Crippen molar-refractivity contribution in [3.8, 4) is 0 Å². The van der Waals surface area contributed by atoms with Gasteiger partial charge < -0.3 is 4.74 Å². The van der Waals surface area contributed by atoms with Crippen molar-refractivity contribution < 1.29 is 9.53 Å². The predicted molar refractivity (Wildman–Crippen MR) is 69.9 cm³/mol. The van der Waals surface area contributed by atoms with Gasteiger partial charge in [0.05, 0.1) is 0 Å². The number of esters is 1. The molecule has 100 valence electrons. The highest BCUT2D eigenvalue weighted by Gasteiger charge is 2.33. The zero-order chi connectivity index (χ0) is 13.2. The smallest absolute Gasteiger partial charge is 0.323 e. The Bertz CT molecular complexity index is 270. The molecule has 0 amide bonds. The summed E-state index contributed by atoms with van der Waals surface area (Å²) in [6, 6.07) is 0.332. The van der Waals surface area contributed by atoms with E-state index in [1.54, 1.807) is 0 Å². The fourth-order valence-corrected chi connectivity index (χ4v) is 2.44. The van der Waals surface area contributed by atoms with Crippen molar-refractivity contribution in [2.45, 2.75) is 72.1 Å². The molecule has 0 bridgehead atoms. The highest BCUT2D eigenvalue weighted by atomic mass is 16.6. The van der Waals surface area contributed by atoms with E-state index < -0.39 is 5.60 Å². The summed E-state index contributed by atoms with van der Waals surface area (Å²) >= 11 is 0. The minimum Gasteiger partial charge on any atom is -0.459 e. The maximum Gasteiger partial charge on any atom is 0.323 e. The Morgan fingerprint density at radius 3 is 2.47 bits per heavy atom. The van der Waals surface area contributed by atoms with Crippen molar-refractivity contribution in [2.24, 2.45) is 5.92 Å². The lowest BCUT2D eigenvalue weighted by atomic mass is 9.91. The van der Waals surface area contributed by atoms with Crippen LogP contribution in [0.15, 0.2) is 0 Å². The number of rotatable bonds is 2. The Kier molecular flexibility index (Phi) is 4.59. The molecule has 1 saturated heterocycles. The van der Waals surface area contributed by atoms with Crippen LogP contribution in [0.25, 0.3) is 0 Å². The van der Waals surface area contributed by atoms with Gasteiger partial charge in [0.25, 0.3) is 0 Å². The molecule has 0 aliphatic carbocycles. The molecule has 17 heavy (non-hydrogen) atoms. The molecule has 0 N–H and O–H groups in total. The van der Waals surface area contributed by atoms with E-state index in [2.05, 4.69) is 18.7 Å². The number of hydrogen-bond acceptors (Lipinski definition) is 3. The molecule has 1 rings (SSSR count). The molecule has 3 heteroatoms. The first kappa shape index (κ1) is 14.5. The van der Waals surface area contributed by atoms with Gasteiger partial charge in [0.15, 0.2) is 0 Å². The van der Waals surface area contributed by atoms with Gasteiger partial charge >= 0.3 is 5.97 Å². The normalized spacial score (nSPS) is 28.8. The summed E-state index contributed by atoms with van der Waals surface area (Å²) in [6.45, 7) is 13.2. The van der Waals surface area contributed by atoms with E-state index in [1.165, 1.54) is 12.8 Å². The van der Waals surface area contributed by atoms with Gasteiger partial charge in [-0.1, -0.05) is 6.92 Å². The Balaban J connectivity index is 2.62. The molecule has 3 unspecified atom stereocenters. The average molecular weight is 241 g/mol. The SMILES string of the molecule is CC1CCCN(C(C)C(=O)OC(C)(C)C)C1C. The summed E-state index contributed by atoms with van der Waals surface area (Å²) in [7, 11) is 0. The number of piperidine rings is 1. The summed E-state index contributed by atoms with van der Waals surface area (Å²) in [5, 5.41) is 0. The molecule has 0 aromatic carbocycles. The molecule has 0 aromatic rings. The average Bonchev–Trinajstić information content (AvgIpc) is 2.18. The van der Waals surface area contributed by atoms with Gasteiger partial charge in [-0.15, -0.1) is 0 Å². The van der Waals surface area contributed by atoms with Gasteiger partial charge in [0.2, 0.25) is 0 Å². The van der Waals surface area contributed by atoms with Crippen LogP contribution in [0.5, 0.6) is 0 Å². The molecule has 1 fully saturated rings. The number of carbonyl (C=O) groups is 1. The van der Waals surface area contributed by atoms with Crippen LogP contribution in [-0.4, -0.2) is 35.1 Å². The largest absolute Gasteiger partial charge is 0.459 e. The fourth-order valence-electron chi connectivity index (χ4n) is 2.44. The first-order valence-corrected chi connectivity index (χ1v) is 6.71. The molecule has 0 radical (unpaired) electrons. The zero-order valence-electron chi connectivity index (χ0n) is 12.1. The Hall–Kier alpha value is -0.570. The molecule has 3 atom stereocenters. The van der Waals surface area contributed by atoms with Crippen molar-refractivity contribution in [3.05, 3.63) is 0 Å². The maximum atomic E-state index is 12.0. The summed E-state index contributed by atoms with van der Waals surface area (Å²) in [5.74, 6) is 0.562. The van der Waals surface area contributed by atoms with Crippen LogP contribution >= 0.6 is 0 Å². The highest BCUT2D eigenvalue weighted by molar-refractivity contribution is 5.75. The van der Waals surface area contributed by atoms with Gasteiger partial charge in [0.1, 0.15) is 11.6 Å². The number of likely N-dealkylation sites (tertiary alicyclic amines) is 1. The lowest BCUT2D eigenvalue weighted by Crippen LogP contribution is -2.51. The van der Waals surface area contributed by atoms with Crippen LogP contribution in [0.1, 0.15) is 54.4 Å². The number of ether oxygens (including phenoxy) is 1. The van der Waals surface area contributed by atoms with Crippen LogP contribution in [-0.2, 0) is 9.53 Å². The summed E-state index contributed by atoms with van der Waals surface area (Å²) in [5.41, 5.74) is -0.393. The lowest BCUT2D eigenvalue weighted by Gasteiger charge is -2.41. The molecule has 0 saturated carbocycles.